The highest BCUT2D eigenvalue weighted by Gasteiger charge is 2.30. The first kappa shape index (κ1) is 26.3. The quantitative estimate of drug-likeness (QED) is 0.279. The molecule has 0 bridgehead atoms. The Balaban J connectivity index is 1.89. The summed E-state index contributed by atoms with van der Waals surface area (Å²) in [4.78, 5) is 32.4. The van der Waals surface area contributed by atoms with Crippen molar-refractivity contribution in [3.05, 3.63) is 47.3 Å². The number of hydrogen-bond donors (Lipinski definition) is 1. The Bertz CT molecular complexity index is 1230. The van der Waals surface area contributed by atoms with Crippen molar-refractivity contribution < 1.29 is 36.8 Å². The van der Waals surface area contributed by atoms with Gasteiger partial charge in [0.25, 0.3) is 0 Å². The normalized spacial score (nSPS) is 12.4. The summed E-state index contributed by atoms with van der Waals surface area (Å²) in [6.45, 7) is 3.06. The predicted octanol–water partition coefficient (Wildman–Crippen LogP) is 3.42. The summed E-state index contributed by atoms with van der Waals surface area (Å²) in [5, 5.41) is 2.54. The number of pyridine rings is 1. The van der Waals surface area contributed by atoms with Gasteiger partial charge in [0.05, 0.1) is 23.3 Å². The van der Waals surface area contributed by atoms with Crippen molar-refractivity contribution in [3.63, 3.8) is 0 Å². The van der Waals surface area contributed by atoms with Crippen LogP contribution in [0.25, 0.3) is 11.0 Å². The number of amides is 1. The second kappa shape index (κ2) is 11.0. The lowest BCUT2D eigenvalue weighted by molar-refractivity contribution is -0.153. The second-order valence-electron chi connectivity index (χ2n) is 7.52. The Hall–Kier alpha value is -3.32. The molecule has 188 valence electrons. The molecule has 0 unspecified atom stereocenters. The molecule has 13 heteroatoms. The maximum Gasteiger partial charge on any atom is 0.422 e. The van der Waals surface area contributed by atoms with E-state index in [1.807, 2.05) is 0 Å². The number of nitrogens with zero attached hydrogens (tertiary/aromatic N) is 3. The average molecular weight is 513 g/mol. The lowest BCUT2D eigenvalue weighted by atomic mass is 10.2. The van der Waals surface area contributed by atoms with Gasteiger partial charge in [0.15, 0.2) is 12.4 Å². The van der Waals surface area contributed by atoms with Gasteiger partial charge >= 0.3 is 23.3 Å². The highest BCUT2D eigenvalue weighted by atomic mass is 32.2. The molecule has 1 N–H and O–H groups in total. The number of fused-ring (bicyclic) bond motifs is 1. The number of imidazole rings is 1. The van der Waals surface area contributed by atoms with E-state index in [0.29, 0.717) is 16.6 Å². The van der Waals surface area contributed by atoms with Crippen molar-refractivity contribution in [2.75, 3.05) is 19.8 Å². The monoisotopic (exact) mass is 512 g/mol. The van der Waals surface area contributed by atoms with Crippen LogP contribution in [0.5, 0.6) is 5.75 Å². The van der Waals surface area contributed by atoms with E-state index in [-0.39, 0.29) is 35.5 Å². The Morgan fingerprint density at radius 3 is 2.66 bits per heavy atom. The van der Waals surface area contributed by atoms with Crippen LogP contribution in [-0.2, 0) is 26.5 Å². The number of aromatic nitrogens is 3. The molecule has 0 aliphatic heterocycles. The molecule has 2 aromatic heterocycles. The minimum absolute atomic E-state index is 0.0230. The Morgan fingerprint density at radius 2 is 1.97 bits per heavy atom. The van der Waals surface area contributed by atoms with Crippen molar-refractivity contribution in [2.24, 2.45) is 0 Å². The summed E-state index contributed by atoms with van der Waals surface area (Å²) >= 11 is -1.90. The number of alkyl halides is 3. The number of ether oxygens (including phenoxy) is 2. The van der Waals surface area contributed by atoms with Crippen LogP contribution in [0, 0.1) is 13.8 Å². The highest BCUT2D eigenvalue weighted by molar-refractivity contribution is 7.90. The minimum atomic E-state index is -4.51. The van der Waals surface area contributed by atoms with Crippen LogP contribution >= 0.6 is 0 Å². The zero-order valence-electron chi connectivity index (χ0n) is 19.1. The van der Waals surface area contributed by atoms with E-state index >= 15 is 0 Å². The lowest BCUT2D eigenvalue weighted by Gasteiger charge is -2.15. The third-order valence-electron chi connectivity index (χ3n) is 4.86. The number of halogens is 3. The molecule has 1 amide bonds. The van der Waals surface area contributed by atoms with Crippen molar-refractivity contribution in [2.45, 2.75) is 37.9 Å². The summed E-state index contributed by atoms with van der Waals surface area (Å²) in [5.74, 6) is -0.732. The van der Waals surface area contributed by atoms with Crippen LogP contribution in [-0.4, -0.2) is 57.0 Å². The molecule has 0 aliphatic carbocycles. The number of carbonyl (C=O) groups is 2. The summed E-state index contributed by atoms with van der Waals surface area (Å²) in [5.41, 5.74) is 2.19. The van der Waals surface area contributed by atoms with Gasteiger partial charge < -0.3 is 19.3 Å². The number of hydrogen-bond acceptors (Lipinski definition) is 7. The topological polar surface area (TPSA) is 118 Å². The zero-order chi connectivity index (χ0) is 25.8. The predicted molar refractivity (Wildman–Crippen MR) is 121 cm³/mol. The smallest absolute Gasteiger partial charge is 0.422 e. The van der Waals surface area contributed by atoms with E-state index in [9.17, 15) is 27.3 Å². The van der Waals surface area contributed by atoms with Crippen LogP contribution in [0.1, 0.15) is 23.7 Å². The van der Waals surface area contributed by atoms with E-state index in [4.69, 9.17) is 9.47 Å². The van der Waals surface area contributed by atoms with Gasteiger partial charge in [-0.05, 0) is 31.5 Å². The maximum atomic E-state index is 13.3. The molecular weight excluding hydrogens is 489 g/mol. The Labute approximate surface area is 201 Å². The van der Waals surface area contributed by atoms with Crippen molar-refractivity contribution >= 4 is 34.2 Å². The standard InChI is InChI=1S/C22H23F3N4O5S/c1-13-5-4-6-17-19(13)28-21(29(17)20(31)27-9-10-33-15(3)30)35(32)11-16-14(2)18(7-8-26-16)34-12-22(23,24)25/h4-8H,9-12H2,1-3H3,(H,27,31)/t35-/m1/s1. The molecule has 1 atom stereocenters. The number of carbonyl (C=O) groups excluding carboxylic acids is 2. The summed E-state index contributed by atoms with van der Waals surface area (Å²) < 4.78 is 61.8. The van der Waals surface area contributed by atoms with Crippen molar-refractivity contribution in [3.8, 4) is 5.75 Å². The summed E-state index contributed by atoms with van der Waals surface area (Å²) in [7, 11) is 0. The van der Waals surface area contributed by atoms with E-state index < -0.39 is 36.0 Å². The molecule has 3 rings (SSSR count). The molecule has 2 heterocycles. The number of esters is 1. The molecule has 0 saturated heterocycles. The number of rotatable bonds is 8. The van der Waals surface area contributed by atoms with Gasteiger partial charge in [-0.15, -0.1) is 0 Å². The molecule has 35 heavy (non-hydrogen) atoms. The fourth-order valence-corrected chi connectivity index (χ4v) is 4.45. The molecule has 0 aliphatic rings. The van der Waals surface area contributed by atoms with Gasteiger partial charge in [-0.1, -0.05) is 12.1 Å². The lowest BCUT2D eigenvalue weighted by Crippen LogP contribution is -2.33. The Morgan fingerprint density at radius 1 is 1.23 bits per heavy atom. The molecule has 1 aromatic carbocycles. The van der Waals surface area contributed by atoms with Gasteiger partial charge in [-0.3, -0.25) is 9.78 Å². The third kappa shape index (κ3) is 6.63. The van der Waals surface area contributed by atoms with E-state index in [1.165, 1.54) is 30.7 Å². The fraction of sp³-hybridized carbons (Fsp3) is 0.364. The molecule has 3 aromatic rings. The number of benzene rings is 1. The van der Waals surface area contributed by atoms with Gasteiger partial charge in [0.1, 0.15) is 12.4 Å². The molecule has 0 fully saturated rings. The van der Waals surface area contributed by atoms with E-state index in [2.05, 4.69) is 15.3 Å². The van der Waals surface area contributed by atoms with Crippen LogP contribution in [0.2, 0.25) is 0 Å². The van der Waals surface area contributed by atoms with Crippen LogP contribution in [0.15, 0.2) is 35.6 Å². The van der Waals surface area contributed by atoms with Crippen LogP contribution in [0.3, 0.4) is 0 Å². The zero-order valence-corrected chi connectivity index (χ0v) is 20.0. The maximum absolute atomic E-state index is 13.3. The number of aryl methyl sites for hydroxylation is 1. The first-order valence-electron chi connectivity index (χ1n) is 10.4. The number of para-hydroxylation sites is 1. The van der Waals surface area contributed by atoms with Crippen LogP contribution in [0.4, 0.5) is 18.0 Å². The SMILES string of the molecule is CC(=O)OCCNC(=O)n1c([S@+]([O-])Cc2nccc(OCC(F)(F)F)c2C)nc2c(C)cccc21. The minimum Gasteiger partial charge on any atom is -0.609 e. The molecule has 0 spiro atoms. The summed E-state index contributed by atoms with van der Waals surface area (Å²) in [6.07, 6.45) is -3.25. The highest BCUT2D eigenvalue weighted by Crippen LogP contribution is 2.28. The number of nitrogens with one attached hydrogen (secondary N) is 1. The Kier molecular flexibility index (Phi) is 8.22. The first-order chi connectivity index (χ1) is 16.5. The van der Waals surface area contributed by atoms with Crippen LogP contribution < -0.4 is 10.1 Å². The van der Waals surface area contributed by atoms with Gasteiger partial charge in [-0.2, -0.15) is 18.2 Å². The largest absolute Gasteiger partial charge is 0.609 e. The van der Waals surface area contributed by atoms with Gasteiger partial charge in [0.2, 0.25) is 0 Å². The van der Waals surface area contributed by atoms with E-state index in [1.54, 1.807) is 25.1 Å². The van der Waals surface area contributed by atoms with Crippen molar-refractivity contribution in [1.29, 1.82) is 0 Å². The van der Waals surface area contributed by atoms with Crippen molar-refractivity contribution in [1.82, 2.24) is 19.9 Å². The molecule has 0 radical (unpaired) electrons. The molecular formula is C22H23F3N4O5S. The average Bonchev–Trinajstić information content (AvgIpc) is 3.18. The first-order valence-corrected chi connectivity index (χ1v) is 11.7. The summed E-state index contributed by atoms with van der Waals surface area (Å²) in [6, 6.07) is 5.83. The second-order valence-corrected chi connectivity index (χ2v) is 8.86. The fourth-order valence-electron chi connectivity index (χ4n) is 3.21. The van der Waals surface area contributed by atoms with Gasteiger partial charge in [0, 0.05) is 29.9 Å². The molecule has 9 nitrogen and oxygen atoms in total. The van der Waals surface area contributed by atoms with E-state index in [0.717, 1.165) is 5.56 Å². The third-order valence-corrected chi connectivity index (χ3v) is 6.08. The molecule has 0 saturated carbocycles. The van der Waals surface area contributed by atoms with Gasteiger partial charge in [-0.25, -0.2) is 9.36 Å².